The molecule has 1 atom stereocenters. The smallest absolute Gasteiger partial charge is 0.159 e. The number of aryl methyl sites for hydroxylation is 1. The van der Waals surface area contributed by atoms with Crippen LogP contribution in [-0.4, -0.2) is 16.3 Å². The van der Waals surface area contributed by atoms with Crippen LogP contribution >= 0.6 is 0 Å². The summed E-state index contributed by atoms with van der Waals surface area (Å²) in [5, 5.41) is 0. The minimum atomic E-state index is 0.0685. The van der Waals surface area contributed by atoms with Crippen molar-refractivity contribution in [3.63, 3.8) is 0 Å². The van der Waals surface area contributed by atoms with Crippen LogP contribution in [0.1, 0.15) is 123 Å². The minimum Gasteiger partial charge on any atom is -0.295 e. The molecule has 0 aliphatic rings. The molecule has 0 N–H and O–H groups in total. The van der Waals surface area contributed by atoms with Crippen molar-refractivity contribution >= 4 is 5.78 Å². The number of ether oxygens (including phenoxy) is 1. The van der Waals surface area contributed by atoms with Gasteiger partial charge in [0.15, 0.2) is 5.78 Å². The predicted molar refractivity (Wildman–Crippen MR) is 139 cm³/mol. The number of carbonyl (C=O) groups is 1. The molecule has 0 heterocycles. The molecule has 1 unspecified atom stereocenters. The standard InChI is InChI=1S/C17H34IO.C10H12O.C2H6/c1-6-9-12-16(11-8-3)18-17(13-10-7-2)19-14-15(4)5;1-3-9-4-6-10(7-5-9)8(2)11;1-2/h13,15-16H,6-12,14H2,1-5H3;4-7H,3H2,1-2H3;1-2H3/q-1;;. The van der Waals surface area contributed by atoms with E-state index in [1.165, 1.54) is 54.3 Å². The van der Waals surface area contributed by atoms with Crippen molar-refractivity contribution in [3.8, 4) is 0 Å². The van der Waals surface area contributed by atoms with Gasteiger partial charge in [0.2, 0.25) is 0 Å². The van der Waals surface area contributed by atoms with Gasteiger partial charge in [0, 0.05) is 5.56 Å². The molecular weight excluding hydrogens is 507 g/mol. The summed E-state index contributed by atoms with van der Waals surface area (Å²) in [6.45, 7) is 19.9. The number of alkyl halides is 1. The van der Waals surface area contributed by atoms with Gasteiger partial charge in [0.25, 0.3) is 0 Å². The average Bonchev–Trinajstić information content (AvgIpc) is 2.80. The molecule has 0 spiro atoms. The van der Waals surface area contributed by atoms with Crippen molar-refractivity contribution in [1.29, 1.82) is 0 Å². The molecule has 2 nitrogen and oxygen atoms in total. The van der Waals surface area contributed by atoms with E-state index in [0.29, 0.717) is 5.92 Å². The van der Waals surface area contributed by atoms with Crippen LogP contribution in [0.4, 0.5) is 0 Å². The van der Waals surface area contributed by atoms with E-state index in [0.717, 1.165) is 22.5 Å². The van der Waals surface area contributed by atoms with Gasteiger partial charge >= 0.3 is 132 Å². The Kier molecular flexibility index (Phi) is 24.3. The van der Waals surface area contributed by atoms with Gasteiger partial charge in [-0.25, -0.2) is 0 Å². The summed E-state index contributed by atoms with van der Waals surface area (Å²) in [4.78, 5) is 10.8. The Hall–Kier alpha value is -0.840. The SMILES string of the molecule is CC.CCCC=C(OCC(C)C)[I-]C(CCC)CCCC.CCc1ccc(C(C)=O)cc1. The first-order valence-corrected chi connectivity index (χ1v) is 15.3. The molecule has 1 aromatic carbocycles. The van der Waals surface area contributed by atoms with Crippen LogP contribution in [0.25, 0.3) is 0 Å². The molecule has 0 saturated heterocycles. The summed E-state index contributed by atoms with van der Waals surface area (Å²) >= 11 is 0.0685. The largest absolute Gasteiger partial charge is 0.295 e. The van der Waals surface area contributed by atoms with Crippen molar-refractivity contribution in [1.82, 2.24) is 0 Å². The van der Waals surface area contributed by atoms with Crippen LogP contribution in [0.5, 0.6) is 0 Å². The first kappa shape index (κ1) is 33.3. The molecule has 0 amide bonds. The van der Waals surface area contributed by atoms with Gasteiger partial charge in [0.1, 0.15) is 0 Å². The molecule has 0 saturated carbocycles. The van der Waals surface area contributed by atoms with Crippen LogP contribution in [-0.2, 0) is 11.2 Å². The summed E-state index contributed by atoms with van der Waals surface area (Å²) in [5.74, 6) is 0.766. The van der Waals surface area contributed by atoms with Gasteiger partial charge in [-0.2, -0.15) is 0 Å². The molecule has 0 aliphatic carbocycles. The van der Waals surface area contributed by atoms with Crippen molar-refractivity contribution < 1.29 is 30.7 Å². The van der Waals surface area contributed by atoms with E-state index in [1.807, 2.05) is 38.1 Å². The topological polar surface area (TPSA) is 26.3 Å². The molecule has 32 heavy (non-hydrogen) atoms. The fraction of sp³-hybridized carbons (Fsp3) is 0.690. The average molecular weight is 560 g/mol. The number of allylic oxidation sites excluding steroid dienone is 1. The van der Waals surface area contributed by atoms with Crippen molar-refractivity contribution in [2.24, 2.45) is 5.92 Å². The third kappa shape index (κ3) is 18.7. The summed E-state index contributed by atoms with van der Waals surface area (Å²) in [6, 6.07) is 7.75. The Bertz CT molecular complexity index is 575. The molecule has 0 aromatic heterocycles. The Balaban J connectivity index is 0. The van der Waals surface area contributed by atoms with Gasteiger partial charge in [-0.1, -0.05) is 45.0 Å². The zero-order valence-corrected chi connectivity index (χ0v) is 24.8. The maximum absolute atomic E-state index is 10.8. The Labute approximate surface area is 211 Å². The predicted octanol–water partition coefficient (Wildman–Crippen LogP) is 6.23. The molecular formula is C29H52IO2-. The van der Waals surface area contributed by atoms with E-state index < -0.39 is 0 Å². The number of hydrogen-bond acceptors (Lipinski definition) is 2. The fourth-order valence-corrected chi connectivity index (χ4v) is 6.24. The second kappa shape index (κ2) is 23.3. The van der Waals surface area contributed by atoms with Gasteiger partial charge in [-0.15, -0.1) is 0 Å². The summed E-state index contributed by atoms with van der Waals surface area (Å²) in [5.41, 5.74) is 2.07. The molecule has 1 aromatic rings. The quantitative estimate of drug-likeness (QED) is 0.117. The number of Topliss-reactive ketones (excluding diaryl/α,β-unsaturated/α-hetero) is 1. The van der Waals surface area contributed by atoms with Gasteiger partial charge < -0.3 is 0 Å². The number of benzene rings is 1. The van der Waals surface area contributed by atoms with E-state index >= 15 is 0 Å². The molecule has 0 aliphatic heterocycles. The fourth-order valence-electron chi connectivity index (χ4n) is 2.76. The van der Waals surface area contributed by atoms with E-state index in [-0.39, 0.29) is 27.0 Å². The van der Waals surface area contributed by atoms with Gasteiger partial charge in [-0.3, -0.25) is 4.79 Å². The van der Waals surface area contributed by atoms with Crippen LogP contribution in [0.3, 0.4) is 0 Å². The van der Waals surface area contributed by atoms with Crippen LogP contribution < -0.4 is 21.2 Å². The molecule has 188 valence electrons. The Morgan fingerprint density at radius 3 is 2.03 bits per heavy atom. The summed E-state index contributed by atoms with van der Waals surface area (Å²) in [6.07, 6.45) is 12.6. The Morgan fingerprint density at radius 1 is 0.969 bits per heavy atom. The van der Waals surface area contributed by atoms with E-state index in [4.69, 9.17) is 4.74 Å². The molecule has 1 rings (SSSR count). The van der Waals surface area contributed by atoms with Crippen molar-refractivity contribution in [3.05, 3.63) is 45.2 Å². The molecule has 0 radical (unpaired) electrons. The number of unbranched alkanes of at least 4 members (excludes halogenated alkanes) is 2. The first-order valence-electron chi connectivity index (χ1n) is 12.9. The van der Waals surface area contributed by atoms with Gasteiger partial charge in [-0.05, 0) is 18.9 Å². The zero-order chi connectivity index (χ0) is 24.8. The minimum absolute atomic E-state index is 0.0685. The Morgan fingerprint density at radius 2 is 1.59 bits per heavy atom. The molecule has 3 heteroatoms. The second-order valence-corrected chi connectivity index (χ2v) is 11.7. The number of hydrogen-bond donors (Lipinski definition) is 0. The van der Waals surface area contributed by atoms with E-state index in [9.17, 15) is 4.79 Å². The van der Waals surface area contributed by atoms with E-state index in [1.54, 1.807) is 6.92 Å². The zero-order valence-electron chi connectivity index (χ0n) is 22.6. The van der Waals surface area contributed by atoms with Crippen LogP contribution in [0.2, 0.25) is 0 Å². The monoisotopic (exact) mass is 559 g/mol. The van der Waals surface area contributed by atoms with Crippen LogP contribution in [0.15, 0.2) is 34.1 Å². The second-order valence-electron chi connectivity index (χ2n) is 8.25. The van der Waals surface area contributed by atoms with Crippen LogP contribution in [0, 0.1) is 5.92 Å². The number of carbonyl (C=O) groups excluding carboxylic acids is 1. The van der Waals surface area contributed by atoms with Crippen molar-refractivity contribution in [2.75, 3.05) is 6.61 Å². The van der Waals surface area contributed by atoms with E-state index in [2.05, 4.69) is 47.6 Å². The number of ketones is 1. The maximum atomic E-state index is 10.8. The normalized spacial score (nSPS) is 11.9. The maximum Gasteiger partial charge on any atom is 0.159 e. The third-order valence-electron chi connectivity index (χ3n) is 4.65. The number of halogens is 1. The number of rotatable bonds is 14. The van der Waals surface area contributed by atoms with Crippen molar-refractivity contribution in [2.45, 2.75) is 118 Å². The summed E-state index contributed by atoms with van der Waals surface area (Å²) in [7, 11) is 0. The summed E-state index contributed by atoms with van der Waals surface area (Å²) < 4.78 is 8.37. The third-order valence-corrected chi connectivity index (χ3v) is 8.14. The van der Waals surface area contributed by atoms with Gasteiger partial charge in [0.05, 0.1) is 0 Å². The first-order chi connectivity index (χ1) is 15.4. The molecule has 0 fully saturated rings. The molecule has 0 bridgehead atoms.